The number of benzene rings is 2. The van der Waals surface area contributed by atoms with Crippen molar-refractivity contribution in [1.82, 2.24) is 14.9 Å². The molecule has 0 fully saturated rings. The summed E-state index contributed by atoms with van der Waals surface area (Å²) in [5.74, 6) is 0.440. The maximum Gasteiger partial charge on any atom is 0.241 e. The van der Waals surface area contributed by atoms with Gasteiger partial charge in [-0.3, -0.25) is 0 Å². The van der Waals surface area contributed by atoms with Crippen LogP contribution in [-0.4, -0.2) is 32.3 Å². The predicted molar refractivity (Wildman–Crippen MR) is 106 cm³/mol. The van der Waals surface area contributed by atoms with Crippen LogP contribution in [0.25, 0.3) is 22.0 Å². The first-order valence-electron chi connectivity index (χ1n) is 8.88. The van der Waals surface area contributed by atoms with Gasteiger partial charge in [0.25, 0.3) is 0 Å². The van der Waals surface area contributed by atoms with E-state index in [9.17, 15) is 8.42 Å². The second-order valence-corrected chi connectivity index (χ2v) is 8.07. The molecular formula is C20H23N3O3S. The number of methoxy groups -OCH3 is 1. The van der Waals surface area contributed by atoms with E-state index in [1.807, 2.05) is 37.3 Å². The molecule has 0 unspecified atom stereocenters. The molecule has 0 aliphatic rings. The fourth-order valence-electron chi connectivity index (χ4n) is 2.94. The lowest BCUT2D eigenvalue weighted by Crippen LogP contribution is -2.25. The molecule has 0 atom stereocenters. The third kappa shape index (κ3) is 3.94. The SMILES string of the molecule is CCCCNS(=O)(=O)c1cc(-c2nnc(OC)c3ccccc23)ccc1C. The molecule has 3 rings (SSSR count). The zero-order chi connectivity index (χ0) is 19.4. The number of nitrogens with zero attached hydrogens (tertiary/aromatic N) is 2. The highest BCUT2D eigenvalue weighted by Gasteiger charge is 2.19. The Balaban J connectivity index is 2.11. The lowest BCUT2D eigenvalue weighted by molar-refractivity contribution is 0.398. The number of nitrogens with one attached hydrogen (secondary N) is 1. The largest absolute Gasteiger partial charge is 0.479 e. The van der Waals surface area contributed by atoms with Gasteiger partial charge in [0.05, 0.1) is 12.0 Å². The van der Waals surface area contributed by atoms with Crippen LogP contribution in [0.15, 0.2) is 47.4 Å². The summed E-state index contributed by atoms with van der Waals surface area (Å²) in [5, 5.41) is 10.1. The Kier molecular flexibility index (Phi) is 5.72. The minimum absolute atomic E-state index is 0.262. The molecule has 0 saturated carbocycles. The standard InChI is InChI=1S/C20H23N3O3S/c1-4-5-12-21-27(24,25)18-13-15(11-10-14(18)2)19-16-8-6-7-9-17(16)20(26-3)23-22-19/h6-11,13,21H,4-5,12H2,1-3H3. The van der Waals surface area contributed by atoms with Crippen molar-refractivity contribution in [3.63, 3.8) is 0 Å². The van der Waals surface area contributed by atoms with E-state index >= 15 is 0 Å². The van der Waals surface area contributed by atoms with E-state index in [2.05, 4.69) is 14.9 Å². The molecule has 1 aromatic heterocycles. The van der Waals surface area contributed by atoms with Crippen LogP contribution < -0.4 is 9.46 Å². The lowest BCUT2D eigenvalue weighted by atomic mass is 10.0. The molecule has 3 aromatic rings. The van der Waals surface area contributed by atoms with Gasteiger partial charge < -0.3 is 4.74 Å². The first kappa shape index (κ1) is 19.3. The fourth-order valence-corrected chi connectivity index (χ4v) is 4.28. The minimum Gasteiger partial charge on any atom is -0.479 e. The maximum atomic E-state index is 12.7. The Hall–Kier alpha value is -2.51. The van der Waals surface area contributed by atoms with Crippen molar-refractivity contribution in [2.45, 2.75) is 31.6 Å². The third-order valence-electron chi connectivity index (χ3n) is 4.42. The van der Waals surface area contributed by atoms with Crippen LogP contribution >= 0.6 is 0 Å². The first-order chi connectivity index (χ1) is 13.0. The first-order valence-corrected chi connectivity index (χ1v) is 10.4. The van der Waals surface area contributed by atoms with Crippen LogP contribution in [0, 0.1) is 6.92 Å². The summed E-state index contributed by atoms with van der Waals surface area (Å²) < 4.78 is 33.4. The number of ether oxygens (including phenoxy) is 1. The monoisotopic (exact) mass is 385 g/mol. The topological polar surface area (TPSA) is 81.2 Å². The molecule has 1 N–H and O–H groups in total. The summed E-state index contributed by atoms with van der Waals surface area (Å²) in [4.78, 5) is 0.262. The highest BCUT2D eigenvalue weighted by Crippen LogP contribution is 2.32. The fraction of sp³-hybridized carbons (Fsp3) is 0.300. The number of aryl methyl sites for hydroxylation is 1. The van der Waals surface area contributed by atoms with E-state index in [-0.39, 0.29) is 4.90 Å². The number of fused-ring (bicyclic) bond motifs is 1. The van der Waals surface area contributed by atoms with E-state index in [1.54, 1.807) is 26.2 Å². The lowest BCUT2D eigenvalue weighted by Gasteiger charge is -2.12. The molecule has 1 heterocycles. The molecule has 2 aromatic carbocycles. The van der Waals surface area contributed by atoms with Gasteiger partial charge in [-0.05, 0) is 31.0 Å². The molecule has 0 bridgehead atoms. The van der Waals surface area contributed by atoms with E-state index in [0.717, 1.165) is 23.6 Å². The molecule has 142 valence electrons. The van der Waals surface area contributed by atoms with Crippen LogP contribution in [-0.2, 0) is 10.0 Å². The van der Waals surface area contributed by atoms with Gasteiger partial charge in [0.1, 0.15) is 5.69 Å². The van der Waals surface area contributed by atoms with Crippen molar-refractivity contribution in [3.8, 4) is 17.1 Å². The number of hydrogen-bond donors (Lipinski definition) is 1. The van der Waals surface area contributed by atoms with Gasteiger partial charge in [-0.1, -0.05) is 43.7 Å². The Bertz CT molecular complexity index is 1070. The molecular weight excluding hydrogens is 362 g/mol. The second-order valence-electron chi connectivity index (χ2n) is 6.34. The van der Waals surface area contributed by atoms with Crippen LogP contribution in [0.3, 0.4) is 0 Å². The van der Waals surface area contributed by atoms with Crippen LogP contribution in [0.1, 0.15) is 25.3 Å². The van der Waals surface area contributed by atoms with Crippen molar-refractivity contribution >= 4 is 20.8 Å². The molecule has 0 aliphatic carbocycles. The maximum absolute atomic E-state index is 12.7. The number of unbranched alkanes of at least 4 members (excludes halogenated alkanes) is 1. The molecule has 27 heavy (non-hydrogen) atoms. The Morgan fingerprint density at radius 2 is 1.81 bits per heavy atom. The number of aromatic nitrogens is 2. The summed E-state index contributed by atoms with van der Waals surface area (Å²) in [7, 11) is -2.03. The molecule has 6 nitrogen and oxygen atoms in total. The highest BCUT2D eigenvalue weighted by molar-refractivity contribution is 7.89. The van der Waals surface area contributed by atoms with Crippen LogP contribution in [0.4, 0.5) is 0 Å². The normalized spacial score (nSPS) is 11.7. The minimum atomic E-state index is -3.58. The summed E-state index contributed by atoms with van der Waals surface area (Å²) >= 11 is 0. The second kappa shape index (κ2) is 8.02. The number of rotatable bonds is 7. The zero-order valence-electron chi connectivity index (χ0n) is 15.7. The van der Waals surface area contributed by atoms with E-state index < -0.39 is 10.0 Å². The molecule has 0 saturated heterocycles. The molecule has 0 amide bonds. The van der Waals surface area contributed by atoms with Crippen molar-refractivity contribution in [1.29, 1.82) is 0 Å². The number of hydrogen-bond acceptors (Lipinski definition) is 5. The number of sulfonamides is 1. The quantitative estimate of drug-likeness (QED) is 0.627. The summed E-state index contributed by atoms with van der Waals surface area (Å²) in [6, 6.07) is 13.0. The Labute approximate surface area is 159 Å². The van der Waals surface area contributed by atoms with E-state index in [1.165, 1.54) is 0 Å². The van der Waals surface area contributed by atoms with E-state index in [0.29, 0.717) is 29.2 Å². The van der Waals surface area contributed by atoms with Gasteiger partial charge in [0.15, 0.2) is 0 Å². The average Bonchev–Trinajstić information content (AvgIpc) is 2.67. The van der Waals surface area contributed by atoms with Crippen molar-refractivity contribution in [2.75, 3.05) is 13.7 Å². The van der Waals surface area contributed by atoms with Crippen molar-refractivity contribution < 1.29 is 13.2 Å². The van der Waals surface area contributed by atoms with Gasteiger partial charge in [-0.25, -0.2) is 13.1 Å². The van der Waals surface area contributed by atoms with E-state index in [4.69, 9.17) is 4.74 Å². The Morgan fingerprint density at radius 1 is 1.07 bits per heavy atom. The molecule has 7 heteroatoms. The van der Waals surface area contributed by atoms with Gasteiger partial charge in [-0.2, -0.15) is 0 Å². The van der Waals surface area contributed by atoms with Crippen molar-refractivity contribution in [3.05, 3.63) is 48.0 Å². The van der Waals surface area contributed by atoms with Gasteiger partial charge in [0, 0.05) is 22.9 Å². The van der Waals surface area contributed by atoms with Gasteiger partial charge in [0.2, 0.25) is 15.9 Å². The van der Waals surface area contributed by atoms with Crippen LogP contribution in [0.2, 0.25) is 0 Å². The van der Waals surface area contributed by atoms with Gasteiger partial charge >= 0.3 is 0 Å². The van der Waals surface area contributed by atoms with Gasteiger partial charge in [-0.15, -0.1) is 10.2 Å². The summed E-state index contributed by atoms with van der Waals surface area (Å²) in [6.07, 6.45) is 1.72. The summed E-state index contributed by atoms with van der Waals surface area (Å²) in [5.41, 5.74) is 2.01. The highest BCUT2D eigenvalue weighted by atomic mass is 32.2. The zero-order valence-corrected chi connectivity index (χ0v) is 16.5. The molecule has 0 radical (unpaired) electrons. The Morgan fingerprint density at radius 3 is 2.52 bits per heavy atom. The third-order valence-corrected chi connectivity index (χ3v) is 6.02. The molecule has 0 aliphatic heterocycles. The van der Waals surface area contributed by atoms with Crippen molar-refractivity contribution in [2.24, 2.45) is 0 Å². The summed E-state index contributed by atoms with van der Waals surface area (Å²) in [6.45, 7) is 4.23. The van der Waals surface area contributed by atoms with Crippen LogP contribution in [0.5, 0.6) is 5.88 Å². The predicted octanol–water partition coefficient (Wildman–Crippen LogP) is 3.69. The average molecular weight is 385 g/mol. The molecule has 0 spiro atoms. The smallest absolute Gasteiger partial charge is 0.241 e.